The second-order valence-electron chi connectivity index (χ2n) is 2.42. The smallest absolute Gasteiger partial charge is 0.157 e. The van der Waals surface area contributed by atoms with Gasteiger partial charge in [0.15, 0.2) is 6.17 Å². The minimum absolute atomic E-state index is 0.321. The van der Waals surface area contributed by atoms with Crippen LogP contribution in [0.3, 0.4) is 0 Å². The molecule has 0 spiro atoms. The summed E-state index contributed by atoms with van der Waals surface area (Å²) >= 11 is 5.34. The van der Waals surface area contributed by atoms with Gasteiger partial charge in [0.05, 0.1) is 22.7 Å². The SMILES string of the molecule is N#CC1=CC(Cl)=C(F)C(C#N)C1F. The van der Waals surface area contributed by atoms with Crippen molar-refractivity contribution in [3.05, 3.63) is 22.5 Å². The van der Waals surface area contributed by atoms with Gasteiger partial charge in [-0.3, -0.25) is 0 Å². The zero-order chi connectivity index (χ0) is 10.0. The van der Waals surface area contributed by atoms with Gasteiger partial charge in [-0.2, -0.15) is 10.5 Å². The fraction of sp³-hybridized carbons (Fsp3) is 0.250. The van der Waals surface area contributed by atoms with E-state index in [0.29, 0.717) is 0 Å². The van der Waals surface area contributed by atoms with Crippen molar-refractivity contribution in [3.8, 4) is 12.1 Å². The molecule has 13 heavy (non-hydrogen) atoms. The summed E-state index contributed by atoms with van der Waals surface area (Å²) < 4.78 is 26.0. The highest BCUT2D eigenvalue weighted by Crippen LogP contribution is 2.33. The first-order valence-corrected chi connectivity index (χ1v) is 3.70. The summed E-state index contributed by atoms with van der Waals surface area (Å²) in [6.07, 6.45) is -1.02. The number of hydrogen-bond acceptors (Lipinski definition) is 2. The van der Waals surface area contributed by atoms with Crippen LogP contribution in [-0.2, 0) is 0 Å². The third-order valence-corrected chi connectivity index (χ3v) is 1.93. The first-order valence-electron chi connectivity index (χ1n) is 3.32. The van der Waals surface area contributed by atoms with Gasteiger partial charge in [0.2, 0.25) is 0 Å². The summed E-state index contributed by atoms with van der Waals surface area (Å²) in [4.78, 5) is 0. The molecule has 1 aliphatic carbocycles. The van der Waals surface area contributed by atoms with Crippen LogP contribution in [0.25, 0.3) is 0 Å². The Morgan fingerprint density at radius 3 is 2.54 bits per heavy atom. The van der Waals surface area contributed by atoms with Crippen molar-refractivity contribution in [2.45, 2.75) is 6.17 Å². The monoisotopic (exact) mass is 200 g/mol. The van der Waals surface area contributed by atoms with Crippen molar-refractivity contribution in [2.24, 2.45) is 5.92 Å². The van der Waals surface area contributed by atoms with E-state index >= 15 is 0 Å². The minimum Gasteiger partial charge on any atom is -0.240 e. The highest BCUT2D eigenvalue weighted by molar-refractivity contribution is 6.31. The van der Waals surface area contributed by atoms with Gasteiger partial charge in [-0.1, -0.05) is 11.6 Å². The predicted octanol–water partition coefficient (Wildman–Crippen LogP) is 2.35. The van der Waals surface area contributed by atoms with E-state index in [9.17, 15) is 8.78 Å². The number of alkyl halides is 1. The molecule has 0 aromatic carbocycles. The van der Waals surface area contributed by atoms with Crippen LogP contribution in [0.4, 0.5) is 8.78 Å². The van der Waals surface area contributed by atoms with Gasteiger partial charge in [0.1, 0.15) is 11.7 Å². The molecular weight excluding hydrogens is 198 g/mol. The predicted molar refractivity (Wildman–Crippen MR) is 41.7 cm³/mol. The standard InChI is InChI=1S/C8H3ClF2N2/c9-6-1-4(2-12)7(10)5(3-13)8(6)11/h1,5,7H. The number of rotatable bonds is 0. The number of hydrogen-bond donors (Lipinski definition) is 0. The average Bonchev–Trinajstić information content (AvgIpc) is 2.12. The topological polar surface area (TPSA) is 47.6 Å². The Kier molecular flexibility index (Phi) is 2.65. The van der Waals surface area contributed by atoms with E-state index in [0.717, 1.165) is 6.08 Å². The van der Waals surface area contributed by atoms with E-state index in [1.165, 1.54) is 12.1 Å². The van der Waals surface area contributed by atoms with Gasteiger partial charge < -0.3 is 0 Å². The molecule has 2 nitrogen and oxygen atoms in total. The van der Waals surface area contributed by atoms with Crippen LogP contribution in [0.1, 0.15) is 0 Å². The summed E-state index contributed by atoms with van der Waals surface area (Å²) in [6.45, 7) is 0. The fourth-order valence-corrected chi connectivity index (χ4v) is 1.19. The fourth-order valence-electron chi connectivity index (χ4n) is 0.958. The Bertz CT molecular complexity index is 373. The Morgan fingerprint density at radius 1 is 1.46 bits per heavy atom. The Labute approximate surface area is 78.3 Å². The molecule has 66 valence electrons. The molecule has 0 bridgehead atoms. The summed E-state index contributed by atoms with van der Waals surface area (Å²) in [7, 11) is 0. The molecule has 1 aliphatic rings. The molecule has 0 aliphatic heterocycles. The number of nitrogens with zero attached hydrogens (tertiary/aromatic N) is 2. The lowest BCUT2D eigenvalue weighted by Crippen LogP contribution is -2.20. The van der Waals surface area contributed by atoms with Crippen LogP contribution in [-0.4, -0.2) is 6.17 Å². The Balaban J connectivity index is 3.19. The normalized spacial score (nSPS) is 27.6. The van der Waals surface area contributed by atoms with Crippen molar-refractivity contribution in [1.82, 2.24) is 0 Å². The third-order valence-electron chi connectivity index (χ3n) is 1.64. The molecule has 0 amide bonds. The third kappa shape index (κ3) is 1.54. The van der Waals surface area contributed by atoms with E-state index in [4.69, 9.17) is 22.1 Å². The van der Waals surface area contributed by atoms with Crippen molar-refractivity contribution < 1.29 is 8.78 Å². The molecule has 0 aromatic rings. The van der Waals surface area contributed by atoms with E-state index < -0.39 is 17.9 Å². The number of nitriles is 2. The van der Waals surface area contributed by atoms with Crippen molar-refractivity contribution in [1.29, 1.82) is 10.5 Å². The lowest BCUT2D eigenvalue weighted by atomic mass is 9.93. The maximum absolute atomic E-state index is 13.1. The van der Waals surface area contributed by atoms with E-state index in [1.54, 1.807) is 0 Å². The second kappa shape index (κ2) is 3.55. The van der Waals surface area contributed by atoms with Gasteiger partial charge in [0, 0.05) is 0 Å². The maximum Gasteiger partial charge on any atom is 0.157 e. The zero-order valence-electron chi connectivity index (χ0n) is 6.26. The van der Waals surface area contributed by atoms with Crippen LogP contribution < -0.4 is 0 Å². The summed E-state index contributed by atoms with van der Waals surface area (Å²) in [5.41, 5.74) is -0.321. The molecule has 0 aromatic heterocycles. The van der Waals surface area contributed by atoms with Crippen molar-refractivity contribution in [2.75, 3.05) is 0 Å². The van der Waals surface area contributed by atoms with E-state index in [-0.39, 0.29) is 10.6 Å². The molecule has 0 heterocycles. The highest BCUT2D eigenvalue weighted by Gasteiger charge is 2.34. The highest BCUT2D eigenvalue weighted by atomic mass is 35.5. The van der Waals surface area contributed by atoms with Crippen LogP contribution in [0.5, 0.6) is 0 Å². The molecule has 0 saturated carbocycles. The van der Waals surface area contributed by atoms with Gasteiger partial charge in [-0.15, -0.1) is 0 Å². The summed E-state index contributed by atoms with van der Waals surface area (Å²) in [5.74, 6) is -2.61. The summed E-state index contributed by atoms with van der Waals surface area (Å²) in [5, 5.41) is 16.4. The van der Waals surface area contributed by atoms with Crippen LogP contribution in [0.2, 0.25) is 0 Å². The van der Waals surface area contributed by atoms with Gasteiger partial charge in [0.25, 0.3) is 0 Å². The van der Waals surface area contributed by atoms with Crippen molar-refractivity contribution >= 4 is 11.6 Å². The molecule has 0 saturated heterocycles. The van der Waals surface area contributed by atoms with Gasteiger partial charge in [-0.05, 0) is 6.08 Å². The van der Waals surface area contributed by atoms with Crippen LogP contribution in [0.15, 0.2) is 22.5 Å². The second-order valence-corrected chi connectivity index (χ2v) is 2.82. The number of halogens is 3. The largest absolute Gasteiger partial charge is 0.240 e. The quantitative estimate of drug-likeness (QED) is 0.603. The molecular formula is C8H3ClF2N2. The molecule has 1 rings (SSSR count). The van der Waals surface area contributed by atoms with Crippen LogP contribution >= 0.6 is 11.6 Å². The van der Waals surface area contributed by atoms with Crippen molar-refractivity contribution in [3.63, 3.8) is 0 Å². The van der Waals surface area contributed by atoms with Crippen LogP contribution in [0, 0.1) is 28.6 Å². The average molecular weight is 201 g/mol. The first-order chi connectivity index (χ1) is 6.11. The van der Waals surface area contributed by atoms with E-state index in [2.05, 4.69) is 0 Å². The molecule has 0 fully saturated rings. The first kappa shape index (κ1) is 9.70. The molecule has 2 atom stereocenters. The van der Waals surface area contributed by atoms with Gasteiger partial charge in [-0.25, -0.2) is 8.78 Å². The summed E-state index contributed by atoms with van der Waals surface area (Å²) in [6, 6.07) is 2.93. The lowest BCUT2D eigenvalue weighted by Gasteiger charge is -2.16. The zero-order valence-corrected chi connectivity index (χ0v) is 7.02. The molecule has 5 heteroatoms. The van der Waals surface area contributed by atoms with E-state index in [1.807, 2.05) is 0 Å². The Morgan fingerprint density at radius 2 is 2.08 bits per heavy atom. The van der Waals surface area contributed by atoms with Gasteiger partial charge >= 0.3 is 0 Å². The number of allylic oxidation sites excluding steroid dienone is 4. The minimum atomic E-state index is -1.92. The maximum atomic E-state index is 13.1. The molecule has 0 N–H and O–H groups in total. The lowest BCUT2D eigenvalue weighted by molar-refractivity contribution is 0.308. The molecule has 0 radical (unpaired) electrons. The Hall–Kier alpha value is -1.39. The molecule has 2 unspecified atom stereocenters.